The maximum atomic E-state index is 12.7. The van der Waals surface area contributed by atoms with Crippen LogP contribution >= 0.6 is 15.9 Å². The Bertz CT molecular complexity index is 706. The van der Waals surface area contributed by atoms with Gasteiger partial charge < -0.3 is 4.90 Å². The quantitative estimate of drug-likeness (QED) is 0.559. The zero-order valence-corrected chi connectivity index (χ0v) is 14.6. The van der Waals surface area contributed by atoms with E-state index in [9.17, 15) is 14.9 Å². The topological polar surface area (TPSA) is 99.1 Å². The average Bonchev–Trinajstić information content (AvgIpc) is 3.10. The van der Waals surface area contributed by atoms with Gasteiger partial charge in [0.05, 0.1) is 27.8 Å². The molecule has 10 heteroatoms. The van der Waals surface area contributed by atoms with Gasteiger partial charge in [-0.1, -0.05) is 6.92 Å². The summed E-state index contributed by atoms with van der Waals surface area (Å²) in [6, 6.07) is -0.583. The van der Waals surface area contributed by atoms with E-state index in [2.05, 4.69) is 26.1 Å². The standard InChI is InChI=1S/C13H17BrN6O3/c1-4-11(19-7-9(5-16-19)20(22)23)13(21)17(2)8-12-10(14)6-15-18(12)3/h5-7,11H,4,8H2,1-3H3. The number of carbonyl (C=O) groups is 1. The van der Waals surface area contributed by atoms with Crippen molar-refractivity contribution in [3.8, 4) is 0 Å². The number of halogens is 1. The van der Waals surface area contributed by atoms with E-state index < -0.39 is 11.0 Å². The third kappa shape index (κ3) is 3.58. The Morgan fingerprint density at radius 1 is 1.48 bits per heavy atom. The van der Waals surface area contributed by atoms with Crippen LogP contribution < -0.4 is 0 Å². The molecule has 0 N–H and O–H groups in total. The minimum atomic E-state index is -0.583. The summed E-state index contributed by atoms with van der Waals surface area (Å²) in [5.74, 6) is -0.168. The first-order valence-corrected chi connectivity index (χ1v) is 7.74. The molecule has 0 saturated heterocycles. The molecule has 2 rings (SSSR count). The fourth-order valence-corrected chi connectivity index (χ4v) is 2.71. The molecule has 0 aliphatic rings. The summed E-state index contributed by atoms with van der Waals surface area (Å²) in [5.41, 5.74) is 0.732. The monoisotopic (exact) mass is 384 g/mol. The predicted molar refractivity (Wildman–Crippen MR) is 85.6 cm³/mol. The highest BCUT2D eigenvalue weighted by Crippen LogP contribution is 2.21. The van der Waals surface area contributed by atoms with Crippen molar-refractivity contribution in [3.63, 3.8) is 0 Å². The zero-order chi connectivity index (χ0) is 17.1. The van der Waals surface area contributed by atoms with Crippen molar-refractivity contribution in [2.45, 2.75) is 25.9 Å². The normalized spacial score (nSPS) is 12.2. The second-order valence-corrected chi connectivity index (χ2v) is 5.97. The first kappa shape index (κ1) is 17.1. The lowest BCUT2D eigenvalue weighted by atomic mass is 10.2. The van der Waals surface area contributed by atoms with Crippen molar-refractivity contribution in [1.82, 2.24) is 24.5 Å². The maximum absolute atomic E-state index is 12.7. The van der Waals surface area contributed by atoms with Gasteiger partial charge in [-0.3, -0.25) is 24.3 Å². The Balaban J connectivity index is 2.16. The van der Waals surface area contributed by atoms with Gasteiger partial charge in [-0.05, 0) is 22.4 Å². The minimum absolute atomic E-state index is 0.131. The van der Waals surface area contributed by atoms with Gasteiger partial charge in [0, 0.05) is 14.1 Å². The Morgan fingerprint density at radius 3 is 2.65 bits per heavy atom. The van der Waals surface area contributed by atoms with Gasteiger partial charge in [0.2, 0.25) is 5.91 Å². The molecular formula is C13H17BrN6O3. The summed E-state index contributed by atoms with van der Waals surface area (Å²) in [5, 5.41) is 18.8. The van der Waals surface area contributed by atoms with Crippen LogP contribution in [-0.4, -0.2) is 42.3 Å². The summed E-state index contributed by atoms with van der Waals surface area (Å²) >= 11 is 3.40. The molecule has 2 heterocycles. The molecular weight excluding hydrogens is 368 g/mol. The highest BCUT2D eigenvalue weighted by Gasteiger charge is 2.25. The molecule has 0 aromatic carbocycles. The molecule has 2 aromatic heterocycles. The van der Waals surface area contributed by atoms with Gasteiger partial charge >= 0.3 is 5.69 Å². The van der Waals surface area contributed by atoms with Crippen LogP contribution in [0, 0.1) is 10.1 Å². The number of nitrogens with zero attached hydrogens (tertiary/aromatic N) is 6. The number of aromatic nitrogens is 4. The molecule has 1 amide bonds. The second-order valence-electron chi connectivity index (χ2n) is 5.12. The number of nitro groups is 1. The van der Waals surface area contributed by atoms with Crippen LogP contribution in [0.5, 0.6) is 0 Å². The molecule has 1 atom stereocenters. The fourth-order valence-electron chi connectivity index (χ4n) is 2.24. The lowest BCUT2D eigenvalue weighted by Gasteiger charge is -2.23. The van der Waals surface area contributed by atoms with Gasteiger partial charge in [-0.15, -0.1) is 0 Å². The van der Waals surface area contributed by atoms with Crippen LogP contribution in [0.25, 0.3) is 0 Å². The van der Waals surface area contributed by atoms with Crippen LogP contribution in [0.15, 0.2) is 23.1 Å². The third-order valence-electron chi connectivity index (χ3n) is 3.56. The van der Waals surface area contributed by atoms with Crippen LogP contribution in [0.4, 0.5) is 5.69 Å². The summed E-state index contributed by atoms with van der Waals surface area (Å²) in [6.07, 6.45) is 4.57. The summed E-state index contributed by atoms with van der Waals surface area (Å²) in [4.78, 5) is 24.4. The molecule has 2 aromatic rings. The number of hydrogen-bond donors (Lipinski definition) is 0. The van der Waals surface area contributed by atoms with E-state index in [0.717, 1.165) is 16.4 Å². The van der Waals surface area contributed by atoms with Gasteiger partial charge in [0.1, 0.15) is 18.4 Å². The van der Waals surface area contributed by atoms with Crippen molar-refractivity contribution in [2.75, 3.05) is 7.05 Å². The van der Waals surface area contributed by atoms with E-state index in [4.69, 9.17) is 0 Å². The third-order valence-corrected chi connectivity index (χ3v) is 4.23. The van der Waals surface area contributed by atoms with Crippen molar-refractivity contribution < 1.29 is 9.72 Å². The molecule has 0 spiro atoms. The summed E-state index contributed by atoms with van der Waals surface area (Å²) in [7, 11) is 3.48. The molecule has 9 nitrogen and oxygen atoms in total. The highest BCUT2D eigenvalue weighted by molar-refractivity contribution is 9.10. The van der Waals surface area contributed by atoms with E-state index in [0.29, 0.717) is 13.0 Å². The molecule has 0 aliphatic carbocycles. The van der Waals surface area contributed by atoms with Gasteiger partial charge in [0.25, 0.3) is 0 Å². The van der Waals surface area contributed by atoms with Crippen LogP contribution in [0.3, 0.4) is 0 Å². The SMILES string of the molecule is CCC(C(=O)N(C)Cc1c(Br)cnn1C)n1cc([N+](=O)[O-])cn1. The van der Waals surface area contributed by atoms with E-state index in [-0.39, 0.29) is 11.6 Å². The van der Waals surface area contributed by atoms with Gasteiger partial charge in [-0.25, -0.2) is 0 Å². The van der Waals surface area contributed by atoms with Crippen LogP contribution in [0.1, 0.15) is 25.1 Å². The van der Waals surface area contributed by atoms with E-state index >= 15 is 0 Å². The highest BCUT2D eigenvalue weighted by atomic mass is 79.9. The Morgan fingerprint density at radius 2 is 2.17 bits per heavy atom. The average molecular weight is 385 g/mol. The van der Waals surface area contributed by atoms with Crippen molar-refractivity contribution in [3.05, 3.63) is 38.9 Å². The predicted octanol–water partition coefficient (Wildman–Crippen LogP) is 1.90. The molecule has 0 saturated carbocycles. The molecule has 124 valence electrons. The van der Waals surface area contributed by atoms with Crippen LogP contribution in [-0.2, 0) is 18.4 Å². The number of amides is 1. The largest absolute Gasteiger partial charge is 0.338 e. The van der Waals surface area contributed by atoms with Crippen molar-refractivity contribution in [2.24, 2.45) is 7.05 Å². The number of likely N-dealkylation sites (N-methyl/N-ethyl adjacent to an activating group) is 1. The first-order chi connectivity index (χ1) is 10.8. The molecule has 0 radical (unpaired) electrons. The van der Waals surface area contributed by atoms with E-state index in [1.165, 1.54) is 10.9 Å². The number of aryl methyl sites for hydroxylation is 1. The van der Waals surface area contributed by atoms with E-state index in [1.54, 1.807) is 29.9 Å². The second kappa shape index (κ2) is 6.90. The lowest BCUT2D eigenvalue weighted by molar-refractivity contribution is -0.385. The van der Waals surface area contributed by atoms with Gasteiger partial charge in [-0.2, -0.15) is 10.2 Å². The zero-order valence-electron chi connectivity index (χ0n) is 13.0. The summed E-state index contributed by atoms with van der Waals surface area (Å²) in [6.45, 7) is 2.21. The maximum Gasteiger partial charge on any atom is 0.307 e. The van der Waals surface area contributed by atoms with Gasteiger partial charge in [0.15, 0.2) is 0 Å². The Kier molecular flexibility index (Phi) is 5.14. The molecule has 0 bridgehead atoms. The fraction of sp³-hybridized carbons (Fsp3) is 0.462. The van der Waals surface area contributed by atoms with Crippen molar-refractivity contribution >= 4 is 27.5 Å². The first-order valence-electron chi connectivity index (χ1n) is 6.95. The summed E-state index contributed by atoms with van der Waals surface area (Å²) < 4.78 is 3.85. The van der Waals surface area contributed by atoms with Crippen molar-refractivity contribution in [1.29, 1.82) is 0 Å². The number of hydrogen-bond acceptors (Lipinski definition) is 5. The smallest absolute Gasteiger partial charge is 0.307 e. The van der Waals surface area contributed by atoms with E-state index in [1.807, 2.05) is 6.92 Å². The Hall–Kier alpha value is -2.23. The molecule has 0 fully saturated rings. The number of rotatable bonds is 6. The minimum Gasteiger partial charge on any atom is -0.338 e. The lowest BCUT2D eigenvalue weighted by Crippen LogP contribution is -2.34. The molecule has 23 heavy (non-hydrogen) atoms. The Labute approximate surface area is 141 Å². The molecule has 1 unspecified atom stereocenters. The van der Waals surface area contributed by atoms with Crippen LogP contribution in [0.2, 0.25) is 0 Å². The number of carbonyl (C=O) groups excluding carboxylic acids is 1. The molecule has 0 aliphatic heterocycles.